The number of hydrogen-bond donors (Lipinski definition) is 0. The van der Waals surface area contributed by atoms with Crippen molar-refractivity contribution < 1.29 is 9.53 Å². The molecule has 0 N–H and O–H groups in total. The molecule has 16 heavy (non-hydrogen) atoms. The van der Waals surface area contributed by atoms with Crippen LogP contribution < -0.4 is 9.64 Å². The van der Waals surface area contributed by atoms with E-state index in [4.69, 9.17) is 4.74 Å². The molecule has 3 heteroatoms. The topological polar surface area (TPSA) is 29.5 Å². The molecule has 2 aliphatic heterocycles. The first-order chi connectivity index (χ1) is 7.83. The number of Topliss-reactive ketones (excluding diaryl/α,β-unsaturated/α-hetero) is 1. The summed E-state index contributed by atoms with van der Waals surface area (Å²) in [5.74, 6) is 1.36. The van der Waals surface area contributed by atoms with Crippen molar-refractivity contribution in [3.05, 3.63) is 23.8 Å². The van der Waals surface area contributed by atoms with Crippen molar-refractivity contribution in [1.29, 1.82) is 0 Å². The quantitative estimate of drug-likeness (QED) is 0.718. The maximum Gasteiger partial charge on any atom is 0.152 e. The second kappa shape index (κ2) is 3.81. The van der Waals surface area contributed by atoms with Gasteiger partial charge in [0.15, 0.2) is 5.78 Å². The van der Waals surface area contributed by atoms with Gasteiger partial charge in [0.2, 0.25) is 0 Å². The summed E-state index contributed by atoms with van der Waals surface area (Å²) in [5, 5.41) is 0. The van der Waals surface area contributed by atoms with Crippen molar-refractivity contribution in [2.24, 2.45) is 0 Å². The molecular weight excluding hydrogens is 202 g/mol. The minimum atomic E-state index is 0.350. The van der Waals surface area contributed by atoms with Gasteiger partial charge in [0.25, 0.3) is 0 Å². The maximum absolute atomic E-state index is 11.4. The van der Waals surface area contributed by atoms with Gasteiger partial charge in [-0.25, -0.2) is 0 Å². The van der Waals surface area contributed by atoms with Crippen LogP contribution in [0.15, 0.2) is 18.2 Å². The van der Waals surface area contributed by atoms with E-state index in [0.717, 1.165) is 43.9 Å². The standard InChI is InChI=1S/C13H15NO2/c15-12-2-1-6-14(9-12)11-3-4-13-10(8-11)5-7-16-13/h3-4,8H,1-2,5-7,9H2. The second-order valence-electron chi connectivity index (χ2n) is 4.45. The molecule has 0 unspecified atom stereocenters. The number of fused-ring (bicyclic) bond motifs is 1. The molecule has 1 aromatic rings. The Kier molecular flexibility index (Phi) is 2.31. The number of hydrogen-bond acceptors (Lipinski definition) is 3. The van der Waals surface area contributed by atoms with Crippen LogP contribution in [-0.4, -0.2) is 25.5 Å². The number of rotatable bonds is 1. The number of carbonyl (C=O) groups is 1. The van der Waals surface area contributed by atoms with Crippen molar-refractivity contribution >= 4 is 11.5 Å². The van der Waals surface area contributed by atoms with Crippen LogP contribution in [0.4, 0.5) is 5.69 Å². The number of ketones is 1. The third-order valence-corrected chi connectivity index (χ3v) is 3.29. The third-order valence-electron chi connectivity index (χ3n) is 3.29. The number of ether oxygens (including phenoxy) is 1. The lowest BCUT2D eigenvalue weighted by molar-refractivity contribution is -0.118. The number of nitrogens with zero attached hydrogens (tertiary/aromatic N) is 1. The Morgan fingerprint density at radius 1 is 1.25 bits per heavy atom. The lowest BCUT2D eigenvalue weighted by Gasteiger charge is -2.28. The molecule has 0 bridgehead atoms. The van der Waals surface area contributed by atoms with E-state index < -0.39 is 0 Å². The van der Waals surface area contributed by atoms with Crippen molar-refractivity contribution in [2.45, 2.75) is 19.3 Å². The maximum atomic E-state index is 11.4. The lowest BCUT2D eigenvalue weighted by atomic mass is 10.1. The molecule has 84 valence electrons. The van der Waals surface area contributed by atoms with Crippen molar-refractivity contribution in [2.75, 3.05) is 24.6 Å². The summed E-state index contributed by atoms with van der Waals surface area (Å²) in [4.78, 5) is 13.6. The molecule has 0 spiro atoms. The molecule has 2 heterocycles. The summed E-state index contributed by atoms with van der Waals surface area (Å²) < 4.78 is 5.48. The Morgan fingerprint density at radius 3 is 3.06 bits per heavy atom. The predicted octanol–water partition coefficient (Wildman–Crippen LogP) is 1.79. The van der Waals surface area contributed by atoms with Crippen LogP contribution in [0.25, 0.3) is 0 Å². The minimum Gasteiger partial charge on any atom is -0.493 e. The smallest absolute Gasteiger partial charge is 0.152 e. The molecule has 1 fully saturated rings. The number of piperidine rings is 1. The Bertz CT molecular complexity index is 428. The van der Waals surface area contributed by atoms with Crippen LogP contribution in [0, 0.1) is 0 Å². The van der Waals surface area contributed by atoms with Gasteiger partial charge in [-0.3, -0.25) is 4.79 Å². The first-order valence-corrected chi connectivity index (χ1v) is 5.85. The summed E-state index contributed by atoms with van der Waals surface area (Å²) in [6.45, 7) is 2.35. The zero-order chi connectivity index (χ0) is 11.0. The van der Waals surface area contributed by atoms with Crippen LogP contribution in [-0.2, 0) is 11.2 Å². The molecule has 0 radical (unpaired) electrons. The molecule has 0 aromatic heterocycles. The van der Waals surface area contributed by atoms with Crippen molar-refractivity contribution in [1.82, 2.24) is 0 Å². The van der Waals surface area contributed by atoms with Gasteiger partial charge >= 0.3 is 0 Å². The van der Waals surface area contributed by atoms with Gasteiger partial charge in [-0.1, -0.05) is 0 Å². The van der Waals surface area contributed by atoms with Gasteiger partial charge in [-0.2, -0.15) is 0 Å². The van der Waals surface area contributed by atoms with E-state index >= 15 is 0 Å². The summed E-state index contributed by atoms with van der Waals surface area (Å²) >= 11 is 0. The zero-order valence-corrected chi connectivity index (χ0v) is 9.24. The Labute approximate surface area is 95.0 Å². The third kappa shape index (κ3) is 1.66. The summed E-state index contributed by atoms with van der Waals surface area (Å²) in [5.41, 5.74) is 2.44. The molecule has 1 aromatic carbocycles. The summed E-state index contributed by atoms with van der Waals surface area (Å²) in [7, 11) is 0. The molecule has 0 atom stereocenters. The van der Waals surface area contributed by atoms with E-state index in [9.17, 15) is 4.79 Å². The van der Waals surface area contributed by atoms with E-state index in [-0.39, 0.29) is 0 Å². The van der Waals surface area contributed by atoms with Gasteiger partial charge in [0.05, 0.1) is 13.2 Å². The van der Waals surface area contributed by atoms with Crippen LogP contribution in [0.3, 0.4) is 0 Å². The Balaban J connectivity index is 1.86. The Hall–Kier alpha value is -1.51. The van der Waals surface area contributed by atoms with Crippen molar-refractivity contribution in [3.63, 3.8) is 0 Å². The van der Waals surface area contributed by atoms with Gasteiger partial charge in [0, 0.05) is 25.1 Å². The highest BCUT2D eigenvalue weighted by Crippen LogP contribution is 2.30. The highest BCUT2D eigenvalue weighted by Gasteiger charge is 2.19. The van der Waals surface area contributed by atoms with E-state index in [0.29, 0.717) is 12.3 Å². The average molecular weight is 217 g/mol. The molecule has 1 saturated heterocycles. The van der Waals surface area contributed by atoms with E-state index in [1.165, 1.54) is 5.56 Å². The molecule has 3 rings (SSSR count). The second-order valence-corrected chi connectivity index (χ2v) is 4.45. The van der Waals surface area contributed by atoms with Gasteiger partial charge in [-0.05, 0) is 30.2 Å². The largest absolute Gasteiger partial charge is 0.493 e. The molecule has 0 amide bonds. The van der Waals surface area contributed by atoms with E-state index in [1.807, 2.05) is 6.07 Å². The summed E-state index contributed by atoms with van der Waals surface area (Å²) in [6.07, 6.45) is 2.71. The van der Waals surface area contributed by atoms with Crippen LogP contribution >= 0.6 is 0 Å². The lowest BCUT2D eigenvalue weighted by Crippen LogP contribution is -2.35. The van der Waals surface area contributed by atoms with E-state index in [2.05, 4.69) is 17.0 Å². The number of benzene rings is 1. The van der Waals surface area contributed by atoms with Gasteiger partial charge in [-0.15, -0.1) is 0 Å². The fourth-order valence-electron chi connectivity index (χ4n) is 2.43. The first-order valence-electron chi connectivity index (χ1n) is 5.85. The average Bonchev–Trinajstić information content (AvgIpc) is 2.75. The molecule has 0 aliphatic carbocycles. The molecule has 3 nitrogen and oxygen atoms in total. The van der Waals surface area contributed by atoms with Gasteiger partial charge < -0.3 is 9.64 Å². The van der Waals surface area contributed by atoms with Crippen molar-refractivity contribution in [3.8, 4) is 5.75 Å². The SMILES string of the molecule is O=C1CCCN(c2ccc3c(c2)CCO3)C1. The monoisotopic (exact) mass is 217 g/mol. The zero-order valence-electron chi connectivity index (χ0n) is 9.24. The number of carbonyl (C=O) groups excluding carboxylic acids is 1. The Morgan fingerprint density at radius 2 is 2.19 bits per heavy atom. The highest BCUT2D eigenvalue weighted by molar-refractivity contribution is 5.84. The molecule has 2 aliphatic rings. The van der Waals surface area contributed by atoms with Crippen LogP contribution in [0.5, 0.6) is 5.75 Å². The molecular formula is C13H15NO2. The molecule has 0 saturated carbocycles. The minimum absolute atomic E-state index is 0.350. The first kappa shape index (κ1) is 9.70. The number of anilines is 1. The summed E-state index contributed by atoms with van der Waals surface area (Å²) in [6, 6.07) is 6.25. The van der Waals surface area contributed by atoms with Crippen LogP contribution in [0.1, 0.15) is 18.4 Å². The van der Waals surface area contributed by atoms with Gasteiger partial charge in [0.1, 0.15) is 5.75 Å². The highest BCUT2D eigenvalue weighted by atomic mass is 16.5. The fourth-order valence-corrected chi connectivity index (χ4v) is 2.43. The predicted molar refractivity (Wildman–Crippen MR) is 62.1 cm³/mol. The normalized spacial score (nSPS) is 19.5. The van der Waals surface area contributed by atoms with Crippen LogP contribution in [0.2, 0.25) is 0 Å². The fraction of sp³-hybridized carbons (Fsp3) is 0.462. The van der Waals surface area contributed by atoms with E-state index in [1.54, 1.807) is 0 Å².